The van der Waals surface area contributed by atoms with Crippen molar-refractivity contribution in [3.8, 4) is 5.69 Å². The highest BCUT2D eigenvalue weighted by molar-refractivity contribution is 5.35. The minimum absolute atomic E-state index is 0.202. The number of nitrogens with one attached hydrogen (secondary N) is 1. The van der Waals surface area contributed by atoms with Crippen LogP contribution in [-0.2, 0) is 6.54 Å². The summed E-state index contributed by atoms with van der Waals surface area (Å²) in [6.45, 7) is 3.98. The number of halogens is 1. The number of benzene rings is 1. The van der Waals surface area contributed by atoms with Crippen molar-refractivity contribution in [3.63, 3.8) is 0 Å². The average Bonchev–Trinajstić information content (AvgIpc) is 2.79. The van der Waals surface area contributed by atoms with E-state index in [1.54, 1.807) is 12.1 Å². The van der Waals surface area contributed by atoms with Gasteiger partial charge in [-0.2, -0.15) is 0 Å². The van der Waals surface area contributed by atoms with Crippen molar-refractivity contribution < 1.29 is 4.39 Å². The molecule has 0 bridgehead atoms. The highest BCUT2D eigenvalue weighted by Crippen LogP contribution is 2.13. The van der Waals surface area contributed by atoms with Gasteiger partial charge in [-0.15, -0.1) is 0 Å². The maximum absolute atomic E-state index is 12.9. The van der Waals surface area contributed by atoms with Gasteiger partial charge in [0.15, 0.2) is 0 Å². The Kier molecular flexibility index (Phi) is 3.94. The fourth-order valence-corrected chi connectivity index (χ4v) is 1.81. The zero-order valence-corrected chi connectivity index (χ0v) is 9.99. The number of hydrogen-bond donors (Lipinski definition) is 1. The first-order valence-electron chi connectivity index (χ1n) is 5.94. The summed E-state index contributed by atoms with van der Waals surface area (Å²) in [6.07, 6.45) is 3.12. The maximum atomic E-state index is 12.9. The molecule has 0 amide bonds. The van der Waals surface area contributed by atoms with Crippen LogP contribution in [0.4, 0.5) is 4.39 Å². The summed E-state index contributed by atoms with van der Waals surface area (Å²) in [4.78, 5) is 0. The van der Waals surface area contributed by atoms with Gasteiger partial charge in [-0.1, -0.05) is 6.92 Å². The van der Waals surface area contributed by atoms with E-state index >= 15 is 0 Å². The van der Waals surface area contributed by atoms with Gasteiger partial charge < -0.3 is 9.88 Å². The molecule has 1 heterocycles. The average molecular weight is 232 g/mol. The smallest absolute Gasteiger partial charge is 0.123 e. The molecular formula is C14H17FN2. The van der Waals surface area contributed by atoms with Gasteiger partial charge in [-0.05, 0) is 49.4 Å². The molecule has 90 valence electrons. The molecule has 0 radical (unpaired) electrons. The Hall–Kier alpha value is -1.61. The second kappa shape index (κ2) is 5.64. The van der Waals surface area contributed by atoms with Crippen LogP contribution in [0.2, 0.25) is 0 Å². The maximum Gasteiger partial charge on any atom is 0.123 e. The minimum atomic E-state index is -0.202. The largest absolute Gasteiger partial charge is 0.320 e. The number of aromatic nitrogens is 1. The van der Waals surface area contributed by atoms with E-state index in [1.165, 1.54) is 17.8 Å². The number of rotatable bonds is 5. The molecule has 0 saturated carbocycles. The lowest BCUT2D eigenvalue weighted by Crippen LogP contribution is -2.16. The van der Waals surface area contributed by atoms with Crippen LogP contribution in [0.15, 0.2) is 42.6 Å². The van der Waals surface area contributed by atoms with Gasteiger partial charge in [0.1, 0.15) is 5.82 Å². The van der Waals surface area contributed by atoms with Gasteiger partial charge >= 0.3 is 0 Å². The Bertz CT molecular complexity index is 459. The third-order valence-corrected chi connectivity index (χ3v) is 2.67. The summed E-state index contributed by atoms with van der Waals surface area (Å²) in [7, 11) is 0. The minimum Gasteiger partial charge on any atom is -0.320 e. The van der Waals surface area contributed by atoms with Crippen molar-refractivity contribution in [2.45, 2.75) is 19.9 Å². The summed E-state index contributed by atoms with van der Waals surface area (Å²) in [5, 5.41) is 3.36. The summed E-state index contributed by atoms with van der Waals surface area (Å²) in [6, 6.07) is 10.6. The number of hydrogen-bond acceptors (Lipinski definition) is 1. The molecule has 0 fully saturated rings. The molecule has 17 heavy (non-hydrogen) atoms. The fourth-order valence-electron chi connectivity index (χ4n) is 1.81. The second-order valence-corrected chi connectivity index (χ2v) is 4.02. The molecule has 2 rings (SSSR count). The van der Waals surface area contributed by atoms with Crippen molar-refractivity contribution in [3.05, 3.63) is 54.1 Å². The molecule has 0 aliphatic heterocycles. The van der Waals surface area contributed by atoms with E-state index in [0.29, 0.717) is 0 Å². The van der Waals surface area contributed by atoms with Crippen molar-refractivity contribution in [2.75, 3.05) is 6.54 Å². The van der Waals surface area contributed by atoms with E-state index in [0.717, 1.165) is 25.2 Å². The van der Waals surface area contributed by atoms with Crippen LogP contribution in [0.5, 0.6) is 0 Å². The predicted molar refractivity (Wildman–Crippen MR) is 67.7 cm³/mol. The van der Waals surface area contributed by atoms with Crippen molar-refractivity contribution in [1.82, 2.24) is 9.88 Å². The summed E-state index contributed by atoms with van der Waals surface area (Å²) in [5.41, 5.74) is 2.18. The lowest BCUT2D eigenvalue weighted by molar-refractivity contribution is 0.626. The zero-order valence-electron chi connectivity index (χ0n) is 9.99. The summed E-state index contributed by atoms with van der Waals surface area (Å²) < 4.78 is 14.9. The van der Waals surface area contributed by atoms with Gasteiger partial charge in [0.2, 0.25) is 0 Å². The van der Waals surface area contributed by atoms with E-state index < -0.39 is 0 Å². The first-order chi connectivity index (χ1) is 8.31. The van der Waals surface area contributed by atoms with Crippen LogP contribution >= 0.6 is 0 Å². The van der Waals surface area contributed by atoms with Gasteiger partial charge in [0, 0.05) is 24.1 Å². The summed E-state index contributed by atoms with van der Waals surface area (Å²) in [5.74, 6) is -0.202. The first-order valence-corrected chi connectivity index (χ1v) is 5.94. The predicted octanol–water partition coefficient (Wildman–Crippen LogP) is 3.12. The van der Waals surface area contributed by atoms with Crippen molar-refractivity contribution in [1.29, 1.82) is 0 Å². The molecule has 1 N–H and O–H groups in total. The van der Waals surface area contributed by atoms with Crippen LogP contribution in [0.1, 0.15) is 19.0 Å². The third-order valence-electron chi connectivity index (χ3n) is 2.67. The third kappa shape index (κ3) is 2.94. The Morgan fingerprint density at radius 2 is 1.94 bits per heavy atom. The molecule has 0 spiro atoms. The van der Waals surface area contributed by atoms with Crippen molar-refractivity contribution >= 4 is 0 Å². The monoisotopic (exact) mass is 232 g/mol. The molecule has 2 nitrogen and oxygen atoms in total. The molecular weight excluding hydrogens is 215 g/mol. The zero-order chi connectivity index (χ0) is 12.1. The molecule has 1 aromatic heterocycles. The summed E-state index contributed by atoms with van der Waals surface area (Å²) >= 11 is 0. The highest BCUT2D eigenvalue weighted by atomic mass is 19.1. The van der Waals surface area contributed by atoms with E-state index in [-0.39, 0.29) is 5.82 Å². The molecule has 0 atom stereocenters. The standard InChI is InChI=1S/C14H17FN2/c1-2-9-16-11-14-4-3-10-17(14)13-7-5-12(15)6-8-13/h3-8,10,16H,2,9,11H2,1H3. The quantitative estimate of drug-likeness (QED) is 0.784. The van der Waals surface area contributed by atoms with E-state index in [9.17, 15) is 4.39 Å². The fraction of sp³-hybridized carbons (Fsp3) is 0.286. The Morgan fingerprint density at radius 3 is 2.65 bits per heavy atom. The van der Waals surface area contributed by atoms with Crippen LogP contribution < -0.4 is 5.32 Å². The molecule has 0 aliphatic rings. The SMILES string of the molecule is CCCNCc1cccn1-c1ccc(F)cc1. The second-order valence-electron chi connectivity index (χ2n) is 4.02. The van der Waals surface area contributed by atoms with Crippen LogP contribution in [0, 0.1) is 5.82 Å². The normalized spacial score (nSPS) is 10.7. The Balaban J connectivity index is 2.15. The van der Waals surface area contributed by atoms with E-state index in [1.807, 2.05) is 12.3 Å². The van der Waals surface area contributed by atoms with Gasteiger partial charge in [-0.3, -0.25) is 0 Å². The Morgan fingerprint density at radius 1 is 1.18 bits per heavy atom. The van der Waals surface area contributed by atoms with Crippen LogP contribution in [0.3, 0.4) is 0 Å². The molecule has 1 aromatic carbocycles. The van der Waals surface area contributed by atoms with E-state index in [4.69, 9.17) is 0 Å². The molecule has 0 aliphatic carbocycles. The van der Waals surface area contributed by atoms with E-state index in [2.05, 4.69) is 22.9 Å². The lowest BCUT2D eigenvalue weighted by Gasteiger charge is -2.09. The van der Waals surface area contributed by atoms with Gasteiger partial charge in [-0.25, -0.2) is 4.39 Å². The first kappa shape index (κ1) is 11.9. The van der Waals surface area contributed by atoms with Gasteiger partial charge in [0.25, 0.3) is 0 Å². The lowest BCUT2D eigenvalue weighted by atomic mass is 10.3. The Labute approximate surface area is 101 Å². The molecule has 0 saturated heterocycles. The van der Waals surface area contributed by atoms with Gasteiger partial charge in [0.05, 0.1) is 0 Å². The van der Waals surface area contributed by atoms with Crippen LogP contribution in [0.25, 0.3) is 5.69 Å². The number of nitrogens with zero attached hydrogens (tertiary/aromatic N) is 1. The van der Waals surface area contributed by atoms with Crippen LogP contribution in [-0.4, -0.2) is 11.1 Å². The van der Waals surface area contributed by atoms with Crippen molar-refractivity contribution in [2.24, 2.45) is 0 Å². The topological polar surface area (TPSA) is 17.0 Å². The highest BCUT2D eigenvalue weighted by Gasteiger charge is 2.02. The molecule has 3 heteroatoms. The molecule has 2 aromatic rings. The molecule has 0 unspecified atom stereocenters.